The highest BCUT2D eigenvalue weighted by Gasteiger charge is 2.39. The molecule has 0 aliphatic heterocycles. The van der Waals surface area contributed by atoms with Gasteiger partial charge in [0.05, 0.1) is 18.7 Å². The molecule has 0 spiro atoms. The van der Waals surface area contributed by atoms with Gasteiger partial charge in [0.25, 0.3) is 0 Å². The molecule has 1 aliphatic carbocycles. The molecule has 2 aromatic rings. The fourth-order valence-electron chi connectivity index (χ4n) is 3.09. The third-order valence-corrected chi connectivity index (χ3v) is 5.52. The number of hydrogen-bond acceptors (Lipinski definition) is 5. The minimum absolute atomic E-state index is 0.0281. The molecule has 1 saturated carbocycles. The third kappa shape index (κ3) is 3.59. The summed E-state index contributed by atoms with van der Waals surface area (Å²) in [6.45, 7) is 2.15. The first-order valence-electron chi connectivity index (χ1n) is 7.86. The van der Waals surface area contributed by atoms with Crippen LogP contribution >= 0.6 is 11.3 Å². The molecule has 1 aliphatic rings. The van der Waals surface area contributed by atoms with Gasteiger partial charge in [-0.2, -0.15) is 0 Å². The van der Waals surface area contributed by atoms with Crippen LogP contribution in [0.15, 0.2) is 29.9 Å². The normalized spacial score (nSPS) is 23.8. The zero-order valence-electron chi connectivity index (χ0n) is 13.2. The summed E-state index contributed by atoms with van der Waals surface area (Å²) in [6.07, 6.45) is 6.70. The van der Waals surface area contributed by atoms with Gasteiger partial charge >= 0.3 is 0 Å². The number of aliphatic hydroxyl groups is 1. The zero-order valence-corrected chi connectivity index (χ0v) is 14.0. The van der Waals surface area contributed by atoms with Crippen LogP contribution in [0.5, 0.6) is 0 Å². The molecule has 2 N–H and O–H groups in total. The molecule has 3 rings (SSSR count). The van der Waals surface area contributed by atoms with E-state index in [4.69, 9.17) is 0 Å². The Morgan fingerprint density at radius 1 is 1.57 bits per heavy atom. The standard InChI is InChI=1S/C17H21N3O2S/c1-17(11-21)6-2-5-14(17)20-15(22)8-13-10-23-16(19-13)12-4-3-7-18-9-12/h3-4,7,9-10,14,21H,2,5-6,8,11H2,1H3,(H,20,22). The molecule has 0 saturated heterocycles. The molecule has 2 aromatic heterocycles. The third-order valence-electron chi connectivity index (χ3n) is 4.58. The van der Waals surface area contributed by atoms with Crippen molar-refractivity contribution in [3.63, 3.8) is 0 Å². The van der Waals surface area contributed by atoms with Crippen LogP contribution in [0.3, 0.4) is 0 Å². The van der Waals surface area contributed by atoms with Gasteiger partial charge in [0.2, 0.25) is 5.91 Å². The molecular weight excluding hydrogens is 310 g/mol. The van der Waals surface area contributed by atoms with Crippen molar-refractivity contribution >= 4 is 17.2 Å². The number of hydrogen-bond donors (Lipinski definition) is 2. The van der Waals surface area contributed by atoms with Gasteiger partial charge in [0.15, 0.2) is 0 Å². The van der Waals surface area contributed by atoms with Gasteiger partial charge in [0, 0.05) is 34.8 Å². The molecule has 0 bridgehead atoms. The Labute approximate surface area is 139 Å². The Morgan fingerprint density at radius 2 is 2.43 bits per heavy atom. The SMILES string of the molecule is CC1(CO)CCCC1NC(=O)Cc1csc(-c2cccnc2)n1. The van der Waals surface area contributed by atoms with E-state index in [1.54, 1.807) is 12.4 Å². The van der Waals surface area contributed by atoms with Crippen molar-refractivity contribution in [2.24, 2.45) is 5.41 Å². The van der Waals surface area contributed by atoms with Crippen LogP contribution in [0.4, 0.5) is 0 Å². The lowest BCUT2D eigenvalue weighted by atomic mass is 9.86. The number of nitrogens with one attached hydrogen (secondary N) is 1. The van der Waals surface area contributed by atoms with Crippen LogP contribution in [0.25, 0.3) is 10.6 Å². The summed E-state index contributed by atoms with van der Waals surface area (Å²) in [5.41, 5.74) is 1.54. The molecule has 2 heterocycles. The first kappa shape index (κ1) is 16.1. The van der Waals surface area contributed by atoms with E-state index in [0.717, 1.165) is 35.5 Å². The van der Waals surface area contributed by atoms with Gasteiger partial charge in [-0.05, 0) is 25.0 Å². The Bertz CT molecular complexity index is 673. The lowest BCUT2D eigenvalue weighted by molar-refractivity contribution is -0.122. The fourth-order valence-corrected chi connectivity index (χ4v) is 3.90. The Hall–Kier alpha value is -1.79. The topological polar surface area (TPSA) is 75.1 Å². The van der Waals surface area contributed by atoms with Crippen LogP contribution in [0.1, 0.15) is 31.9 Å². The number of pyridine rings is 1. The summed E-state index contributed by atoms with van der Waals surface area (Å²) >= 11 is 1.52. The number of nitrogens with zero attached hydrogens (tertiary/aromatic N) is 2. The van der Waals surface area contributed by atoms with E-state index in [1.807, 2.05) is 24.4 Å². The highest BCUT2D eigenvalue weighted by atomic mass is 32.1. The molecule has 0 radical (unpaired) electrons. The van der Waals surface area contributed by atoms with Crippen molar-refractivity contribution in [3.8, 4) is 10.6 Å². The van der Waals surface area contributed by atoms with Crippen molar-refractivity contribution in [2.45, 2.75) is 38.6 Å². The summed E-state index contributed by atoms with van der Waals surface area (Å²) in [4.78, 5) is 20.9. The number of thiazole rings is 1. The average Bonchev–Trinajstić information content (AvgIpc) is 3.16. The molecule has 5 nitrogen and oxygen atoms in total. The summed E-state index contributed by atoms with van der Waals surface area (Å²) in [5, 5.41) is 15.4. The van der Waals surface area contributed by atoms with Crippen LogP contribution in [0.2, 0.25) is 0 Å². The van der Waals surface area contributed by atoms with Crippen LogP contribution < -0.4 is 5.32 Å². The van der Waals surface area contributed by atoms with Crippen LogP contribution in [-0.2, 0) is 11.2 Å². The minimum atomic E-state index is -0.196. The van der Waals surface area contributed by atoms with E-state index in [-0.39, 0.29) is 30.4 Å². The molecule has 1 amide bonds. The zero-order chi connectivity index (χ0) is 16.3. The summed E-state index contributed by atoms with van der Waals surface area (Å²) in [7, 11) is 0. The van der Waals surface area contributed by atoms with Crippen LogP contribution in [-0.4, -0.2) is 33.6 Å². The molecule has 122 valence electrons. The predicted octanol–water partition coefficient (Wildman–Crippen LogP) is 2.41. The average molecular weight is 331 g/mol. The van der Waals surface area contributed by atoms with E-state index in [2.05, 4.69) is 15.3 Å². The Kier molecular flexibility index (Phi) is 4.73. The highest BCUT2D eigenvalue weighted by Crippen LogP contribution is 2.37. The molecule has 0 aromatic carbocycles. The second kappa shape index (κ2) is 6.76. The number of carbonyl (C=O) groups excluding carboxylic acids is 1. The van der Waals surface area contributed by atoms with Crippen molar-refractivity contribution in [2.75, 3.05) is 6.61 Å². The molecule has 2 unspecified atom stereocenters. The fraction of sp³-hybridized carbons (Fsp3) is 0.471. The smallest absolute Gasteiger partial charge is 0.226 e. The van der Waals surface area contributed by atoms with Gasteiger partial charge in [0.1, 0.15) is 5.01 Å². The summed E-state index contributed by atoms with van der Waals surface area (Å²) < 4.78 is 0. The van der Waals surface area contributed by atoms with Gasteiger partial charge in [-0.25, -0.2) is 4.98 Å². The van der Waals surface area contributed by atoms with E-state index in [0.29, 0.717) is 0 Å². The van der Waals surface area contributed by atoms with E-state index in [1.165, 1.54) is 11.3 Å². The van der Waals surface area contributed by atoms with Crippen molar-refractivity contribution in [3.05, 3.63) is 35.6 Å². The Morgan fingerprint density at radius 3 is 3.17 bits per heavy atom. The largest absolute Gasteiger partial charge is 0.396 e. The van der Waals surface area contributed by atoms with Crippen LogP contribution in [0, 0.1) is 5.41 Å². The maximum Gasteiger partial charge on any atom is 0.226 e. The van der Waals surface area contributed by atoms with Gasteiger partial charge in [-0.1, -0.05) is 13.3 Å². The van der Waals surface area contributed by atoms with Crippen molar-refractivity contribution in [1.82, 2.24) is 15.3 Å². The van der Waals surface area contributed by atoms with Gasteiger partial charge in [-0.3, -0.25) is 9.78 Å². The molecule has 23 heavy (non-hydrogen) atoms. The number of rotatable bonds is 5. The second-order valence-electron chi connectivity index (χ2n) is 6.39. The van der Waals surface area contributed by atoms with Gasteiger partial charge in [-0.15, -0.1) is 11.3 Å². The van der Waals surface area contributed by atoms with E-state index >= 15 is 0 Å². The predicted molar refractivity (Wildman–Crippen MR) is 90.0 cm³/mol. The van der Waals surface area contributed by atoms with Gasteiger partial charge < -0.3 is 10.4 Å². The summed E-state index contributed by atoms with van der Waals surface area (Å²) in [5.74, 6) is -0.0281. The van der Waals surface area contributed by atoms with Crippen molar-refractivity contribution < 1.29 is 9.90 Å². The molecule has 1 fully saturated rings. The minimum Gasteiger partial charge on any atom is -0.396 e. The number of aromatic nitrogens is 2. The Balaban J connectivity index is 1.62. The lowest BCUT2D eigenvalue weighted by Crippen LogP contribution is -2.45. The first-order valence-corrected chi connectivity index (χ1v) is 8.74. The molecular formula is C17H21N3O2S. The molecule has 6 heteroatoms. The number of amides is 1. The first-order chi connectivity index (χ1) is 11.1. The quantitative estimate of drug-likeness (QED) is 0.882. The second-order valence-corrected chi connectivity index (χ2v) is 7.25. The lowest BCUT2D eigenvalue weighted by Gasteiger charge is -2.30. The molecule has 2 atom stereocenters. The highest BCUT2D eigenvalue weighted by molar-refractivity contribution is 7.13. The van der Waals surface area contributed by atoms with E-state index < -0.39 is 0 Å². The monoisotopic (exact) mass is 331 g/mol. The van der Waals surface area contributed by atoms with Crippen molar-refractivity contribution in [1.29, 1.82) is 0 Å². The maximum atomic E-state index is 12.3. The number of aliphatic hydroxyl groups excluding tert-OH is 1. The maximum absolute atomic E-state index is 12.3. The number of carbonyl (C=O) groups is 1. The summed E-state index contributed by atoms with van der Waals surface area (Å²) in [6, 6.07) is 3.89. The van der Waals surface area contributed by atoms with E-state index in [9.17, 15) is 9.90 Å².